The molecule has 0 saturated heterocycles. The molecule has 1 atom stereocenters. The summed E-state index contributed by atoms with van der Waals surface area (Å²) in [4.78, 5) is 9.16. The van der Waals surface area contributed by atoms with Gasteiger partial charge in [0.05, 0.1) is 40.3 Å². The number of aliphatic hydroxyl groups is 1. The van der Waals surface area contributed by atoms with Crippen LogP contribution < -0.4 is 9.46 Å². The Bertz CT molecular complexity index is 2180. The maximum Gasteiger partial charge on any atom is 0.216 e. The van der Waals surface area contributed by atoms with Crippen LogP contribution >= 0.6 is 0 Å². The van der Waals surface area contributed by atoms with Crippen molar-refractivity contribution in [1.29, 1.82) is 5.26 Å². The van der Waals surface area contributed by atoms with Crippen molar-refractivity contribution >= 4 is 21.1 Å². The van der Waals surface area contributed by atoms with Gasteiger partial charge in [-0.2, -0.15) is 9.98 Å². The van der Waals surface area contributed by atoms with Gasteiger partial charge in [0.1, 0.15) is 30.3 Å². The van der Waals surface area contributed by atoms with E-state index in [0.717, 1.165) is 6.07 Å². The minimum absolute atomic E-state index is 0.0715. The molecule has 13 heteroatoms. The topological polar surface area (TPSA) is 130 Å². The van der Waals surface area contributed by atoms with E-state index in [2.05, 4.69) is 9.71 Å². The Hall–Kier alpha value is -4.77. The minimum Gasteiger partial charge on any atom is -0.473 e. The number of pyridine rings is 1. The van der Waals surface area contributed by atoms with Gasteiger partial charge in [-0.1, -0.05) is 44.2 Å². The fourth-order valence-corrected chi connectivity index (χ4v) is 6.80. The number of fused-ring (bicyclic) bond motifs is 1. The minimum atomic E-state index is -3.66. The second kappa shape index (κ2) is 13.6. The standard InChI is InChI=1S/C36H34F3N5O4S/c1-36(2,20-37)21-44-32-16-25(35(45)43-49(46,47)27-11-12-27)10-13-31(32)41-33(44)17-23-8-9-24(15-29(23)39)30-4-3-5-34(42-30)48-19-26-7-6-22(18-40)14-28(26)38/h3-10,13-16,27,35,43,45H,11-12,17,19-21H2,1-2H3. The number of rotatable bonds is 13. The van der Waals surface area contributed by atoms with Crippen LogP contribution in [-0.4, -0.2) is 40.0 Å². The monoisotopic (exact) mass is 689 g/mol. The summed E-state index contributed by atoms with van der Waals surface area (Å²) in [6.45, 7) is 2.97. The van der Waals surface area contributed by atoms with Gasteiger partial charge in [-0.05, 0) is 60.4 Å². The van der Waals surface area contributed by atoms with E-state index in [9.17, 15) is 22.3 Å². The number of hydrogen-bond acceptors (Lipinski definition) is 7. The second-order valence-corrected chi connectivity index (χ2v) is 15.0. The summed E-state index contributed by atoms with van der Waals surface area (Å²) < 4.78 is 78.6. The lowest BCUT2D eigenvalue weighted by atomic mass is 9.95. The number of benzene rings is 3. The van der Waals surface area contributed by atoms with Crippen molar-refractivity contribution < 1.29 is 31.4 Å². The lowest BCUT2D eigenvalue weighted by molar-refractivity contribution is 0.166. The summed E-state index contributed by atoms with van der Waals surface area (Å²) in [7, 11) is -3.66. The number of aliphatic hydroxyl groups excluding tert-OH is 1. The summed E-state index contributed by atoms with van der Waals surface area (Å²) in [5.41, 5.74) is 2.30. The zero-order chi connectivity index (χ0) is 34.9. The van der Waals surface area contributed by atoms with E-state index in [-0.39, 0.29) is 36.6 Å². The molecule has 1 aliphatic carbocycles. The Morgan fingerprint density at radius 1 is 1.04 bits per heavy atom. The fourth-order valence-electron chi connectivity index (χ4n) is 5.40. The molecule has 49 heavy (non-hydrogen) atoms. The van der Waals surface area contributed by atoms with Crippen LogP contribution in [0.25, 0.3) is 22.3 Å². The van der Waals surface area contributed by atoms with Crippen LogP contribution in [0, 0.1) is 28.4 Å². The van der Waals surface area contributed by atoms with E-state index in [1.54, 1.807) is 66.9 Å². The first-order valence-corrected chi connectivity index (χ1v) is 17.2. The van der Waals surface area contributed by atoms with Crippen LogP contribution in [0.4, 0.5) is 13.2 Å². The molecular formula is C36H34F3N5O4S. The molecule has 1 aliphatic rings. The first-order valence-electron chi connectivity index (χ1n) is 15.7. The third-order valence-corrected chi connectivity index (χ3v) is 10.2. The second-order valence-electron chi connectivity index (χ2n) is 13.0. The largest absolute Gasteiger partial charge is 0.473 e. The Kier molecular flexibility index (Phi) is 9.48. The molecule has 254 valence electrons. The SMILES string of the molecule is CC(C)(CF)Cn1c(Cc2ccc(-c3cccc(OCc4ccc(C#N)cc4F)n3)cc2F)nc2ccc(C(O)NS(=O)(=O)C3CC3)cc21. The quantitative estimate of drug-likeness (QED) is 0.135. The van der Waals surface area contributed by atoms with Gasteiger partial charge in [0.25, 0.3) is 0 Å². The lowest BCUT2D eigenvalue weighted by Gasteiger charge is -2.23. The normalized spacial score (nSPS) is 14.1. The van der Waals surface area contributed by atoms with Crippen LogP contribution in [0.5, 0.6) is 5.88 Å². The van der Waals surface area contributed by atoms with Gasteiger partial charge >= 0.3 is 0 Å². The molecule has 1 unspecified atom stereocenters. The number of nitrogens with one attached hydrogen (secondary N) is 1. The highest BCUT2D eigenvalue weighted by Crippen LogP contribution is 2.31. The average Bonchev–Trinajstić information content (AvgIpc) is 3.90. The number of nitriles is 1. The first kappa shape index (κ1) is 34.1. The number of nitrogens with zero attached hydrogens (tertiary/aromatic N) is 4. The average molecular weight is 690 g/mol. The molecule has 2 aromatic heterocycles. The van der Waals surface area contributed by atoms with Crippen molar-refractivity contribution in [2.75, 3.05) is 6.67 Å². The maximum absolute atomic E-state index is 15.7. The molecule has 0 spiro atoms. The number of alkyl halides is 1. The zero-order valence-electron chi connectivity index (χ0n) is 26.8. The van der Waals surface area contributed by atoms with Crippen molar-refractivity contribution in [1.82, 2.24) is 19.3 Å². The van der Waals surface area contributed by atoms with E-state index in [1.807, 2.05) is 6.07 Å². The van der Waals surface area contributed by atoms with Gasteiger partial charge in [-0.3, -0.25) is 4.39 Å². The predicted octanol–water partition coefficient (Wildman–Crippen LogP) is 6.49. The Morgan fingerprint density at radius 3 is 2.49 bits per heavy atom. The van der Waals surface area contributed by atoms with E-state index in [1.165, 1.54) is 18.2 Å². The molecule has 2 N–H and O–H groups in total. The Balaban J connectivity index is 1.24. The summed E-state index contributed by atoms with van der Waals surface area (Å²) in [5.74, 6) is -0.403. The van der Waals surface area contributed by atoms with Gasteiger partial charge < -0.3 is 14.4 Å². The predicted molar refractivity (Wildman–Crippen MR) is 177 cm³/mol. The van der Waals surface area contributed by atoms with E-state index in [0.29, 0.717) is 52.1 Å². The molecular weight excluding hydrogens is 655 g/mol. The number of halogens is 3. The van der Waals surface area contributed by atoms with Gasteiger partial charge in [0.2, 0.25) is 15.9 Å². The van der Waals surface area contributed by atoms with Crippen LogP contribution in [0.2, 0.25) is 0 Å². The van der Waals surface area contributed by atoms with Crippen molar-refractivity contribution in [3.8, 4) is 23.2 Å². The number of imidazole rings is 1. The molecule has 5 aromatic rings. The molecule has 0 amide bonds. The summed E-state index contributed by atoms with van der Waals surface area (Å²) >= 11 is 0. The number of hydrogen-bond donors (Lipinski definition) is 2. The van der Waals surface area contributed by atoms with E-state index >= 15 is 4.39 Å². The molecule has 0 radical (unpaired) electrons. The van der Waals surface area contributed by atoms with Crippen LogP contribution in [0.3, 0.4) is 0 Å². The van der Waals surface area contributed by atoms with Gasteiger partial charge in [0.15, 0.2) is 0 Å². The highest BCUT2D eigenvalue weighted by Gasteiger charge is 2.37. The highest BCUT2D eigenvalue weighted by molar-refractivity contribution is 7.90. The van der Waals surface area contributed by atoms with Crippen molar-refractivity contribution in [2.24, 2.45) is 5.41 Å². The third kappa shape index (κ3) is 7.77. The molecule has 9 nitrogen and oxygen atoms in total. The summed E-state index contributed by atoms with van der Waals surface area (Å²) in [5, 5.41) is 19.2. The molecule has 1 saturated carbocycles. The van der Waals surface area contributed by atoms with Crippen LogP contribution in [0.15, 0.2) is 72.8 Å². The number of sulfonamides is 1. The summed E-state index contributed by atoms with van der Waals surface area (Å²) in [6, 6.07) is 20.5. The molecule has 0 aliphatic heterocycles. The molecule has 3 aromatic carbocycles. The third-order valence-electron chi connectivity index (χ3n) is 8.33. The van der Waals surface area contributed by atoms with Crippen LogP contribution in [-0.2, 0) is 29.6 Å². The summed E-state index contributed by atoms with van der Waals surface area (Å²) in [6.07, 6.45) is -0.306. The molecule has 1 fully saturated rings. The Labute approximate surface area is 282 Å². The van der Waals surface area contributed by atoms with E-state index < -0.39 is 45.2 Å². The highest BCUT2D eigenvalue weighted by atomic mass is 32.2. The van der Waals surface area contributed by atoms with Crippen molar-refractivity contribution in [3.63, 3.8) is 0 Å². The van der Waals surface area contributed by atoms with Crippen molar-refractivity contribution in [3.05, 3.63) is 113 Å². The number of aromatic nitrogens is 3. The van der Waals surface area contributed by atoms with E-state index in [4.69, 9.17) is 15.0 Å². The molecule has 6 rings (SSSR count). The maximum atomic E-state index is 15.7. The van der Waals surface area contributed by atoms with Crippen LogP contribution in [0.1, 0.15) is 61.0 Å². The first-order chi connectivity index (χ1) is 23.4. The van der Waals surface area contributed by atoms with Gasteiger partial charge in [-0.15, -0.1) is 0 Å². The molecule has 0 bridgehead atoms. The van der Waals surface area contributed by atoms with Gasteiger partial charge in [0, 0.05) is 35.6 Å². The molecule has 2 heterocycles. The van der Waals surface area contributed by atoms with Gasteiger partial charge in [-0.25, -0.2) is 27.2 Å². The smallest absolute Gasteiger partial charge is 0.216 e. The van der Waals surface area contributed by atoms with Crippen molar-refractivity contribution in [2.45, 2.75) is 57.7 Å². The Morgan fingerprint density at radius 2 is 1.80 bits per heavy atom. The lowest BCUT2D eigenvalue weighted by Crippen LogP contribution is -2.31. The fraction of sp³-hybridized carbons (Fsp3) is 0.306. The number of ether oxygens (including phenoxy) is 1. The zero-order valence-corrected chi connectivity index (χ0v) is 27.6.